The van der Waals surface area contributed by atoms with E-state index < -0.39 is 0 Å². The second-order valence-electron chi connectivity index (χ2n) is 6.47. The number of carbonyl (C=O) groups is 2. The van der Waals surface area contributed by atoms with E-state index in [0.29, 0.717) is 11.7 Å². The van der Waals surface area contributed by atoms with Gasteiger partial charge in [-0.2, -0.15) is 0 Å². The van der Waals surface area contributed by atoms with Gasteiger partial charge in [-0.05, 0) is 38.4 Å². The molecule has 1 fully saturated rings. The first kappa shape index (κ1) is 19.9. The number of aryl methyl sites for hydroxylation is 1. The van der Waals surface area contributed by atoms with Crippen molar-refractivity contribution < 1.29 is 9.59 Å². The van der Waals surface area contributed by atoms with Crippen LogP contribution in [0.25, 0.3) is 0 Å². The van der Waals surface area contributed by atoms with Crippen molar-refractivity contribution in [2.75, 3.05) is 30.7 Å². The number of aromatic nitrogens is 1. The van der Waals surface area contributed by atoms with Crippen molar-refractivity contribution in [1.29, 1.82) is 0 Å². The molecule has 2 N–H and O–H groups in total. The van der Waals surface area contributed by atoms with Gasteiger partial charge in [0, 0.05) is 28.8 Å². The fraction of sp³-hybridized carbons (Fsp3) is 0.421. The van der Waals surface area contributed by atoms with E-state index in [9.17, 15) is 9.59 Å². The molecule has 1 aromatic carbocycles. The average Bonchev–Trinajstić information content (AvgIpc) is 3.32. The number of anilines is 1. The summed E-state index contributed by atoms with van der Waals surface area (Å²) in [5.74, 6) is 0.710. The largest absolute Gasteiger partial charge is 0.354 e. The zero-order valence-corrected chi connectivity index (χ0v) is 16.9. The highest BCUT2D eigenvalue weighted by atomic mass is 32.2. The summed E-state index contributed by atoms with van der Waals surface area (Å²) < 4.78 is 0. The Morgan fingerprint density at radius 2 is 2.15 bits per heavy atom. The monoisotopic (exact) mass is 404 g/mol. The molecule has 3 rings (SSSR count). The molecule has 1 aliphatic rings. The summed E-state index contributed by atoms with van der Waals surface area (Å²) >= 11 is 3.12. The van der Waals surface area contributed by atoms with Crippen LogP contribution in [-0.4, -0.2) is 53.1 Å². The third kappa shape index (κ3) is 6.05. The van der Waals surface area contributed by atoms with Crippen molar-refractivity contribution in [2.45, 2.75) is 30.7 Å². The summed E-state index contributed by atoms with van der Waals surface area (Å²) in [4.78, 5) is 31.9. The molecular formula is C19H24N4O2S2. The molecule has 1 aliphatic heterocycles. The fourth-order valence-corrected chi connectivity index (χ4v) is 4.32. The maximum absolute atomic E-state index is 12.4. The summed E-state index contributed by atoms with van der Waals surface area (Å²) in [6.45, 7) is 3.70. The van der Waals surface area contributed by atoms with Crippen LogP contribution in [0.4, 0.5) is 5.13 Å². The van der Waals surface area contributed by atoms with Crippen LogP contribution in [0.2, 0.25) is 0 Å². The summed E-state index contributed by atoms with van der Waals surface area (Å²) in [5.41, 5.74) is 1.24. The number of amides is 2. The zero-order chi connectivity index (χ0) is 19.1. The minimum Gasteiger partial charge on any atom is -0.354 e. The highest BCUT2D eigenvalue weighted by Gasteiger charge is 2.32. The number of thioether (sulfide) groups is 1. The topological polar surface area (TPSA) is 74.3 Å². The lowest BCUT2D eigenvalue weighted by Crippen LogP contribution is -2.45. The molecule has 2 amide bonds. The molecule has 27 heavy (non-hydrogen) atoms. The Hall–Kier alpha value is -1.90. The van der Waals surface area contributed by atoms with E-state index in [0.717, 1.165) is 25.1 Å². The SMILES string of the molecule is Cc1ccc(SCCNC(=O)CN2CCCC2C(=O)Nc2nccs2)cc1. The van der Waals surface area contributed by atoms with Crippen LogP contribution in [0.15, 0.2) is 40.7 Å². The molecule has 2 heterocycles. The van der Waals surface area contributed by atoms with E-state index in [1.165, 1.54) is 21.8 Å². The first-order chi connectivity index (χ1) is 13.1. The molecule has 8 heteroatoms. The van der Waals surface area contributed by atoms with Gasteiger partial charge in [-0.15, -0.1) is 23.1 Å². The summed E-state index contributed by atoms with van der Waals surface area (Å²) in [6.07, 6.45) is 3.36. The van der Waals surface area contributed by atoms with Gasteiger partial charge in [0.2, 0.25) is 11.8 Å². The van der Waals surface area contributed by atoms with Gasteiger partial charge in [0.15, 0.2) is 5.13 Å². The van der Waals surface area contributed by atoms with Crippen LogP contribution in [0.5, 0.6) is 0 Å². The molecule has 0 radical (unpaired) electrons. The Morgan fingerprint density at radius 1 is 1.33 bits per heavy atom. The number of nitrogens with one attached hydrogen (secondary N) is 2. The number of rotatable bonds is 8. The number of nitrogens with zero attached hydrogens (tertiary/aromatic N) is 2. The summed E-state index contributed by atoms with van der Waals surface area (Å²) in [6, 6.07) is 8.10. The van der Waals surface area contributed by atoms with Gasteiger partial charge < -0.3 is 10.6 Å². The molecular weight excluding hydrogens is 380 g/mol. The molecule has 0 saturated carbocycles. The van der Waals surface area contributed by atoms with Crippen LogP contribution in [0, 0.1) is 6.92 Å². The molecule has 0 aliphatic carbocycles. The summed E-state index contributed by atoms with van der Waals surface area (Å²) in [7, 11) is 0. The quantitative estimate of drug-likeness (QED) is 0.523. The Bertz CT molecular complexity index is 750. The maximum Gasteiger partial charge on any atom is 0.243 e. The first-order valence-corrected chi connectivity index (χ1v) is 10.9. The zero-order valence-electron chi connectivity index (χ0n) is 15.3. The molecule has 1 atom stereocenters. The third-order valence-electron chi connectivity index (χ3n) is 4.39. The molecule has 6 nitrogen and oxygen atoms in total. The molecule has 1 aromatic heterocycles. The molecule has 2 aromatic rings. The fourth-order valence-electron chi connectivity index (χ4n) is 3.02. The van der Waals surface area contributed by atoms with E-state index >= 15 is 0 Å². The number of likely N-dealkylation sites (tertiary alicyclic amines) is 1. The van der Waals surface area contributed by atoms with Crippen molar-refractivity contribution in [3.8, 4) is 0 Å². The third-order valence-corrected chi connectivity index (χ3v) is 6.09. The lowest BCUT2D eigenvalue weighted by Gasteiger charge is -2.22. The van der Waals surface area contributed by atoms with Crippen LogP contribution >= 0.6 is 23.1 Å². The summed E-state index contributed by atoms with van der Waals surface area (Å²) in [5, 5.41) is 8.21. The Morgan fingerprint density at radius 3 is 2.89 bits per heavy atom. The van der Waals surface area contributed by atoms with E-state index in [4.69, 9.17) is 0 Å². The predicted octanol–water partition coefficient (Wildman–Crippen LogP) is 2.76. The molecule has 144 valence electrons. The average molecular weight is 405 g/mol. The van der Waals surface area contributed by atoms with E-state index in [2.05, 4.69) is 46.8 Å². The van der Waals surface area contributed by atoms with E-state index in [-0.39, 0.29) is 24.4 Å². The maximum atomic E-state index is 12.4. The van der Waals surface area contributed by atoms with Gasteiger partial charge in [0.25, 0.3) is 0 Å². The number of hydrogen-bond acceptors (Lipinski definition) is 6. The smallest absolute Gasteiger partial charge is 0.243 e. The van der Waals surface area contributed by atoms with E-state index in [1.54, 1.807) is 18.0 Å². The van der Waals surface area contributed by atoms with Crippen molar-refractivity contribution in [3.63, 3.8) is 0 Å². The molecule has 0 spiro atoms. The van der Waals surface area contributed by atoms with E-state index in [1.807, 2.05) is 10.3 Å². The van der Waals surface area contributed by atoms with Crippen molar-refractivity contribution in [2.24, 2.45) is 0 Å². The van der Waals surface area contributed by atoms with Crippen molar-refractivity contribution >= 4 is 40.0 Å². The number of hydrogen-bond donors (Lipinski definition) is 2. The first-order valence-electron chi connectivity index (χ1n) is 9.02. The minimum atomic E-state index is -0.262. The molecule has 1 saturated heterocycles. The van der Waals surface area contributed by atoms with Crippen molar-refractivity contribution in [3.05, 3.63) is 41.4 Å². The van der Waals surface area contributed by atoms with Crippen LogP contribution < -0.4 is 10.6 Å². The van der Waals surface area contributed by atoms with Gasteiger partial charge in [0.1, 0.15) is 0 Å². The van der Waals surface area contributed by atoms with Crippen LogP contribution in [-0.2, 0) is 9.59 Å². The standard InChI is InChI=1S/C19H24N4O2S2/c1-14-4-6-15(7-5-14)26-11-8-20-17(24)13-23-10-2-3-16(23)18(25)22-19-21-9-12-27-19/h4-7,9,12,16H,2-3,8,10-11,13H2,1H3,(H,20,24)(H,21,22,25). The normalized spacial score (nSPS) is 17.0. The van der Waals surface area contributed by atoms with Gasteiger partial charge >= 0.3 is 0 Å². The highest BCUT2D eigenvalue weighted by Crippen LogP contribution is 2.20. The number of carbonyl (C=O) groups excluding carboxylic acids is 2. The van der Waals surface area contributed by atoms with Gasteiger partial charge in [-0.25, -0.2) is 4.98 Å². The lowest BCUT2D eigenvalue weighted by molar-refractivity contribution is -0.124. The number of thiazole rings is 1. The van der Waals surface area contributed by atoms with Crippen LogP contribution in [0.1, 0.15) is 18.4 Å². The van der Waals surface area contributed by atoms with Gasteiger partial charge in [-0.3, -0.25) is 14.5 Å². The second-order valence-corrected chi connectivity index (χ2v) is 8.53. The highest BCUT2D eigenvalue weighted by molar-refractivity contribution is 7.99. The van der Waals surface area contributed by atoms with Gasteiger partial charge in [0.05, 0.1) is 12.6 Å². The molecule has 1 unspecified atom stereocenters. The minimum absolute atomic E-state index is 0.0338. The Balaban J connectivity index is 1.38. The Labute approximate surface area is 167 Å². The van der Waals surface area contributed by atoms with Gasteiger partial charge in [-0.1, -0.05) is 17.7 Å². The van der Waals surface area contributed by atoms with Crippen molar-refractivity contribution in [1.82, 2.24) is 15.2 Å². The second kappa shape index (κ2) is 9.87. The predicted molar refractivity (Wildman–Crippen MR) is 110 cm³/mol. The van der Waals surface area contributed by atoms with Crippen LogP contribution in [0.3, 0.4) is 0 Å². The lowest BCUT2D eigenvalue weighted by atomic mass is 10.2. The molecule has 0 bridgehead atoms. The Kier molecular flexibility index (Phi) is 7.25. The number of benzene rings is 1.